The van der Waals surface area contributed by atoms with E-state index in [2.05, 4.69) is 21.8 Å². The van der Waals surface area contributed by atoms with Gasteiger partial charge < -0.3 is 5.73 Å². The van der Waals surface area contributed by atoms with Crippen LogP contribution in [0.3, 0.4) is 0 Å². The first-order chi connectivity index (χ1) is 6.74. The fourth-order valence-electron chi connectivity index (χ4n) is 1.19. The highest BCUT2D eigenvalue weighted by atomic mass is 16.1. The van der Waals surface area contributed by atoms with Crippen LogP contribution < -0.4 is 5.73 Å². The zero-order chi connectivity index (χ0) is 10.1. The van der Waals surface area contributed by atoms with Gasteiger partial charge >= 0.3 is 0 Å². The smallest absolute Gasteiger partial charge is 0.284 e. The molecule has 0 spiro atoms. The highest BCUT2D eigenvalue weighted by Crippen LogP contribution is 2.15. The molecule has 2 rings (SSSR count). The van der Waals surface area contributed by atoms with Crippen molar-refractivity contribution < 1.29 is 4.79 Å². The van der Waals surface area contributed by atoms with Gasteiger partial charge in [0.2, 0.25) is 0 Å². The number of nitrogen functional groups attached to an aromatic ring is 1. The monoisotopic (exact) mass is 189 g/mol. The molecule has 70 valence electrons. The third-order valence-electron chi connectivity index (χ3n) is 1.78. The molecule has 14 heavy (non-hydrogen) atoms. The molecule has 0 aliphatic rings. The molecule has 0 saturated carbocycles. The van der Waals surface area contributed by atoms with Crippen molar-refractivity contribution in [3.63, 3.8) is 0 Å². The number of amides is 1. The number of aromatic nitrogens is 3. The van der Waals surface area contributed by atoms with E-state index in [-0.39, 0.29) is 11.4 Å². The highest BCUT2D eigenvalue weighted by molar-refractivity contribution is 6.06. The Labute approximate surface area is 79.1 Å². The van der Waals surface area contributed by atoms with Crippen LogP contribution in [0, 0.1) is 0 Å². The first kappa shape index (κ1) is 8.36. The lowest BCUT2D eigenvalue weighted by atomic mass is 10.3. The van der Waals surface area contributed by atoms with Gasteiger partial charge in [0.15, 0.2) is 11.5 Å². The van der Waals surface area contributed by atoms with Crippen LogP contribution in [0.2, 0.25) is 0 Å². The van der Waals surface area contributed by atoms with Crippen molar-refractivity contribution in [2.45, 2.75) is 0 Å². The maximum absolute atomic E-state index is 11.3. The van der Waals surface area contributed by atoms with E-state index in [1.54, 1.807) is 18.5 Å². The van der Waals surface area contributed by atoms with Crippen molar-refractivity contribution in [3.8, 4) is 0 Å². The Hall–Kier alpha value is -2.24. The first-order valence-electron chi connectivity index (χ1n) is 3.84. The molecular formula is C8H7N5O. The molecular weight excluding hydrogens is 182 g/mol. The number of nitrogens with zero attached hydrogens (tertiary/aromatic N) is 4. The Morgan fingerprint density at radius 1 is 1.64 bits per heavy atom. The summed E-state index contributed by atoms with van der Waals surface area (Å²) in [7, 11) is 0. The van der Waals surface area contributed by atoms with Crippen LogP contribution in [0.4, 0.5) is 5.82 Å². The number of aliphatic imine (C=N–C) groups is 1. The second-order valence-corrected chi connectivity index (χ2v) is 2.61. The molecule has 2 N–H and O–H groups in total. The topological polar surface area (TPSA) is 85.6 Å². The summed E-state index contributed by atoms with van der Waals surface area (Å²) in [6.07, 6.45) is 3.20. The van der Waals surface area contributed by atoms with E-state index in [1.807, 2.05) is 0 Å². The standard InChI is InChI=1S/C8H7N5O/c1-10-8(14)5-6(9)12-13-4-2-3-11-7(5)13/h2-4H,1H2,(H2,9,12). The fraction of sp³-hybridized carbons (Fsp3) is 0. The van der Waals surface area contributed by atoms with Gasteiger partial charge in [-0.05, 0) is 12.8 Å². The summed E-state index contributed by atoms with van der Waals surface area (Å²) in [5.41, 5.74) is 6.14. The van der Waals surface area contributed by atoms with Crippen LogP contribution in [0.1, 0.15) is 10.4 Å². The molecule has 1 amide bonds. The maximum atomic E-state index is 11.3. The third-order valence-corrected chi connectivity index (χ3v) is 1.78. The first-order valence-corrected chi connectivity index (χ1v) is 3.84. The largest absolute Gasteiger partial charge is 0.381 e. The van der Waals surface area contributed by atoms with Gasteiger partial charge in [-0.3, -0.25) is 4.79 Å². The molecule has 0 fully saturated rings. The van der Waals surface area contributed by atoms with Crippen molar-refractivity contribution in [1.82, 2.24) is 14.6 Å². The predicted molar refractivity (Wildman–Crippen MR) is 51.3 cm³/mol. The SMILES string of the molecule is C=NC(=O)c1c(N)nn2cccnc12. The fourth-order valence-corrected chi connectivity index (χ4v) is 1.19. The molecule has 6 nitrogen and oxygen atoms in total. The van der Waals surface area contributed by atoms with Crippen LogP contribution in [0.15, 0.2) is 23.5 Å². The summed E-state index contributed by atoms with van der Waals surface area (Å²) in [6.45, 7) is 3.14. The molecule has 0 unspecified atom stereocenters. The average molecular weight is 189 g/mol. The van der Waals surface area contributed by atoms with Gasteiger partial charge in [-0.15, -0.1) is 5.10 Å². The third kappa shape index (κ3) is 1.05. The van der Waals surface area contributed by atoms with E-state index >= 15 is 0 Å². The van der Waals surface area contributed by atoms with Gasteiger partial charge in [0.25, 0.3) is 5.91 Å². The summed E-state index contributed by atoms with van der Waals surface area (Å²) in [4.78, 5) is 18.6. The second kappa shape index (κ2) is 2.91. The number of carbonyl (C=O) groups is 1. The van der Waals surface area contributed by atoms with Crippen LogP contribution in [-0.2, 0) is 0 Å². The molecule has 0 aliphatic heterocycles. The van der Waals surface area contributed by atoms with Crippen LogP contribution in [0.25, 0.3) is 5.65 Å². The van der Waals surface area contributed by atoms with Gasteiger partial charge in [-0.2, -0.15) is 0 Å². The van der Waals surface area contributed by atoms with Gasteiger partial charge in [0, 0.05) is 12.4 Å². The lowest BCUT2D eigenvalue weighted by molar-refractivity contribution is 0.101. The van der Waals surface area contributed by atoms with Crippen molar-refractivity contribution >= 4 is 24.1 Å². The van der Waals surface area contributed by atoms with E-state index in [0.29, 0.717) is 5.65 Å². The Bertz CT molecular complexity index is 515. The number of rotatable bonds is 1. The molecule has 0 atom stereocenters. The molecule has 2 aromatic heterocycles. The summed E-state index contributed by atoms with van der Waals surface area (Å²) in [5, 5.41) is 3.91. The van der Waals surface area contributed by atoms with Crippen LogP contribution >= 0.6 is 0 Å². The van der Waals surface area contributed by atoms with Crippen molar-refractivity contribution in [2.24, 2.45) is 4.99 Å². The number of anilines is 1. The van der Waals surface area contributed by atoms with Crippen molar-refractivity contribution in [1.29, 1.82) is 0 Å². The number of fused-ring (bicyclic) bond motifs is 1. The second-order valence-electron chi connectivity index (χ2n) is 2.61. The minimum Gasteiger partial charge on any atom is -0.381 e. The molecule has 2 heterocycles. The zero-order valence-corrected chi connectivity index (χ0v) is 7.21. The Kier molecular flexibility index (Phi) is 1.74. The molecule has 6 heteroatoms. The number of hydrogen-bond acceptors (Lipinski definition) is 4. The van der Waals surface area contributed by atoms with E-state index in [4.69, 9.17) is 5.73 Å². The Balaban J connectivity index is 2.80. The minimum atomic E-state index is -0.517. The summed E-state index contributed by atoms with van der Waals surface area (Å²) in [6, 6.07) is 1.69. The van der Waals surface area contributed by atoms with E-state index in [0.717, 1.165) is 0 Å². The molecule has 2 aromatic rings. The number of nitrogens with two attached hydrogens (primary N) is 1. The lowest BCUT2D eigenvalue weighted by Crippen LogP contribution is -1.99. The van der Waals surface area contributed by atoms with Gasteiger partial charge in [-0.25, -0.2) is 14.5 Å². The number of hydrogen-bond donors (Lipinski definition) is 1. The predicted octanol–water partition coefficient (Wildman–Crippen LogP) is 0.152. The summed E-state index contributed by atoms with van der Waals surface area (Å²) in [5.74, 6) is -0.405. The summed E-state index contributed by atoms with van der Waals surface area (Å²) < 4.78 is 1.42. The molecule has 0 aliphatic carbocycles. The minimum absolute atomic E-state index is 0.112. The normalized spacial score (nSPS) is 10.3. The van der Waals surface area contributed by atoms with Gasteiger partial charge in [0.1, 0.15) is 5.56 Å². The number of carbonyl (C=O) groups excluding carboxylic acids is 1. The van der Waals surface area contributed by atoms with Crippen LogP contribution in [-0.4, -0.2) is 27.2 Å². The summed E-state index contributed by atoms with van der Waals surface area (Å²) >= 11 is 0. The van der Waals surface area contributed by atoms with Gasteiger partial charge in [-0.1, -0.05) is 0 Å². The quantitative estimate of drug-likeness (QED) is 0.647. The lowest BCUT2D eigenvalue weighted by Gasteiger charge is -1.91. The van der Waals surface area contributed by atoms with E-state index in [9.17, 15) is 4.79 Å². The van der Waals surface area contributed by atoms with E-state index in [1.165, 1.54) is 4.52 Å². The average Bonchev–Trinajstić information content (AvgIpc) is 2.53. The molecule has 0 saturated heterocycles. The van der Waals surface area contributed by atoms with Crippen LogP contribution in [0.5, 0.6) is 0 Å². The van der Waals surface area contributed by atoms with Crippen molar-refractivity contribution in [3.05, 3.63) is 24.0 Å². The highest BCUT2D eigenvalue weighted by Gasteiger charge is 2.17. The molecule has 0 aromatic carbocycles. The van der Waals surface area contributed by atoms with Gasteiger partial charge in [0.05, 0.1) is 0 Å². The molecule has 0 radical (unpaired) electrons. The Morgan fingerprint density at radius 3 is 3.14 bits per heavy atom. The van der Waals surface area contributed by atoms with E-state index < -0.39 is 5.91 Å². The maximum Gasteiger partial charge on any atom is 0.284 e. The van der Waals surface area contributed by atoms with Crippen molar-refractivity contribution in [2.75, 3.05) is 5.73 Å². The zero-order valence-electron chi connectivity index (χ0n) is 7.21. The molecule has 0 bridgehead atoms. The Morgan fingerprint density at radius 2 is 2.43 bits per heavy atom.